The van der Waals surface area contributed by atoms with E-state index >= 15 is 0 Å². The Morgan fingerprint density at radius 3 is 1.58 bits per heavy atom. The van der Waals surface area contributed by atoms with Gasteiger partial charge in [-0.3, -0.25) is 0 Å². The Labute approximate surface area is 371 Å². The van der Waals surface area contributed by atoms with Crippen LogP contribution in [0.15, 0.2) is 217 Å². The fraction of sp³-hybridized carbons (Fsp3) is 0. The van der Waals surface area contributed by atoms with Crippen molar-refractivity contribution >= 4 is 87.1 Å². The van der Waals surface area contributed by atoms with Crippen LogP contribution in [0.1, 0.15) is 0 Å². The first-order chi connectivity index (χ1) is 32.2. The summed E-state index contributed by atoms with van der Waals surface area (Å²) in [5, 5.41) is 11.5. The molecule has 65 heavy (non-hydrogen) atoms. The summed E-state index contributed by atoms with van der Waals surface area (Å²) in [6, 6.07) is 75.0. The van der Waals surface area contributed by atoms with Gasteiger partial charge in [0.15, 0.2) is 23.1 Å². The van der Waals surface area contributed by atoms with Crippen LogP contribution in [-0.2, 0) is 0 Å². The molecule has 6 heteroatoms. The van der Waals surface area contributed by atoms with Crippen LogP contribution in [0.3, 0.4) is 0 Å². The molecule has 0 aliphatic carbocycles. The van der Waals surface area contributed by atoms with E-state index in [1.807, 2.05) is 30.3 Å². The smallest absolute Gasteiger partial charge is 0.164 e. The highest BCUT2D eigenvalue weighted by Gasteiger charge is 2.24. The molecule has 0 bridgehead atoms. The number of aromatic nitrogens is 5. The van der Waals surface area contributed by atoms with Crippen LogP contribution in [0.25, 0.3) is 133 Å². The highest BCUT2D eigenvalue weighted by Crippen LogP contribution is 2.44. The zero-order valence-corrected chi connectivity index (χ0v) is 34.9. The highest BCUT2D eigenvalue weighted by molar-refractivity contribution is 6.19. The third-order valence-corrected chi connectivity index (χ3v) is 13.1. The van der Waals surface area contributed by atoms with Crippen LogP contribution >= 0.6 is 0 Å². The minimum atomic E-state index is 0.569. The molecule has 4 heterocycles. The van der Waals surface area contributed by atoms with Gasteiger partial charge >= 0.3 is 0 Å². The van der Waals surface area contributed by atoms with Gasteiger partial charge in [0.05, 0.1) is 27.8 Å². The van der Waals surface area contributed by atoms with Crippen molar-refractivity contribution in [2.75, 3.05) is 0 Å². The summed E-state index contributed by atoms with van der Waals surface area (Å²) in [5.41, 5.74) is 10.7. The Morgan fingerprint density at radius 2 is 0.877 bits per heavy atom. The van der Waals surface area contributed by atoms with Gasteiger partial charge in [0, 0.05) is 54.7 Å². The van der Waals surface area contributed by atoms with Crippen LogP contribution in [-0.4, -0.2) is 24.1 Å². The van der Waals surface area contributed by atoms with Crippen LogP contribution in [0, 0.1) is 0 Å². The average Bonchev–Trinajstić information content (AvgIpc) is 4.02. The minimum absolute atomic E-state index is 0.569. The third kappa shape index (κ3) is 5.44. The second kappa shape index (κ2) is 13.8. The van der Waals surface area contributed by atoms with Crippen molar-refractivity contribution in [3.63, 3.8) is 0 Å². The van der Waals surface area contributed by atoms with Gasteiger partial charge in [-0.2, -0.15) is 0 Å². The average molecular weight is 830 g/mol. The van der Waals surface area contributed by atoms with Crippen molar-refractivity contribution in [3.05, 3.63) is 212 Å². The molecule has 0 aliphatic heterocycles. The Hall–Kier alpha value is -8.87. The lowest BCUT2D eigenvalue weighted by molar-refractivity contribution is 0.666. The van der Waals surface area contributed by atoms with Crippen molar-refractivity contribution in [2.45, 2.75) is 0 Å². The fourth-order valence-corrected chi connectivity index (χ4v) is 10.1. The van der Waals surface area contributed by atoms with Gasteiger partial charge in [-0.05, 0) is 88.3 Å². The molecule has 0 unspecified atom stereocenters. The van der Waals surface area contributed by atoms with Crippen LogP contribution in [0.2, 0.25) is 0 Å². The maximum absolute atomic E-state index is 7.01. The molecule has 302 valence electrons. The van der Waals surface area contributed by atoms with Crippen molar-refractivity contribution in [2.24, 2.45) is 0 Å². The number of para-hydroxylation sites is 3. The molecule has 0 saturated heterocycles. The maximum Gasteiger partial charge on any atom is 0.164 e. The molecule has 0 saturated carbocycles. The molecular formula is C59H35N5O. The number of hydrogen-bond acceptors (Lipinski definition) is 4. The zero-order valence-electron chi connectivity index (χ0n) is 34.9. The van der Waals surface area contributed by atoms with Crippen molar-refractivity contribution in [1.82, 2.24) is 24.1 Å². The molecule has 0 fully saturated rings. The number of rotatable bonds is 5. The summed E-state index contributed by atoms with van der Waals surface area (Å²) < 4.78 is 11.7. The Balaban J connectivity index is 1.04. The van der Waals surface area contributed by atoms with E-state index in [2.05, 4.69) is 191 Å². The fourth-order valence-electron chi connectivity index (χ4n) is 10.1. The van der Waals surface area contributed by atoms with Gasteiger partial charge in [-0.25, -0.2) is 15.0 Å². The minimum Gasteiger partial charge on any atom is -0.454 e. The Morgan fingerprint density at radius 1 is 0.338 bits per heavy atom. The molecule has 0 aliphatic rings. The SMILES string of the molecule is c1ccc(-c2nc(-c3ccc4c5ccccc5n(-c5ccccc5)c4c3)nc(-c3ccc(-n4c5cc6ccccc6cc5c5cc6ccccc6cc54)c4oc5ccccc5c34)n2)cc1. The third-order valence-electron chi connectivity index (χ3n) is 13.1. The topological polar surface area (TPSA) is 61.7 Å². The second-order valence-electron chi connectivity index (χ2n) is 16.8. The van der Waals surface area contributed by atoms with Crippen LogP contribution in [0.4, 0.5) is 0 Å². The first-order valence-corrected chi connectivity index (χ1v) is 21.9. The summed E-state index contributed by atoms with van der Waals surface area (Å²) in [6.45, 7) is 0. The molecule has 14 rings (SSSR count). The van der Waals surface area contributed by atoms with Crippen molar-refractivity contribution in [1.29, 1.82) is 0 Å². The number of benzene rings is 10. The largest absolute Gasteiger partial charge is 0.454 e. The van der Waals surface area contributed by atoms with E-state index in [0.717, 1.165) is 72.1 Å². The van der Waals surface area contributed by atoms with Gasteiger partial charge in [0.25, 0.3) is 0 Å². The standard InChI is InChI=1S/C59H35N5O/c1-3-15-36(16-4-1)57-60-58(41-27-28-44-43-23-11-13-25-49(43)63(51(44)35-41)42-21-5-2-6-22-42)62-59(61-57)46-29-30-50(56-55(46)45-24-12-14-26-54(45)65-56)64-52-33-39-19-9-7-17-37(39)31-47(52)48-32-38-18-8-10-20-40(38)34-53(48)64/h1-35H. The molecule has 0 N–H and O–H groups in total. The molecule has 0 atom stereocenters. The molecular weight excluding hydrogens is 795 g/mol. The number of nitrogens with zero attached hydrogens (tertiary/aromatic N) is 5. The van der Waals surface area contributed by atoms with E-state index in [0.29, 0.717) is 17.5 Å². The van der Waals surface area contributed by atoms with E-state index in [4.69, 9.17) is 19.4 Å². The van der Waals surface area contributed by atoms with Crippen molar-refractivity contribution < 1.29 is 4.42 Å². The van der Waals surface area contributed by atoms with Gasteiger partial charge in [0.2, 0.25) is 0 Å². The number of furan rings is 1. The lowest BCUT2D eigenvalue weighted by Crippen LogP contribution is -2.01. The predicted molar refractivity (Wildman–Crippen MR) is 267 cm³/mol. The molecule has 0 radical (unpaired) electrons. The quantitative estimate of drug-likeness (QED) is 0.173. The molecule has 4 aromatic heterocycles. The van der Waals surface area contributed by atoms with E-state index in [9.17, 15) is 0 Å². The van der Waals surface area contributed by atoms with Crippen molar-refractivity contribution in [3.8, 4) is 45.5 Å². The summed E-state index contributed by atoms with van der Waals surface area (Å²) in [5.74, 6) is 1.76. The predicted octanol–water partition coefficient (Wildman–Crippen LogP) is 15.3. The van der Waals surface area contributed by atoms with Crippen LogP contribution in [0.5, 0.6) is 0 Å². The summed E-state index contributed by atoms with van der Waals surface area (Å²) in [6.07, 6.45) is 0. The molecule has 6 nitrogen and oxygen atoms in total. The van der Waals surface area contributed by atoms with Gasteiger partial charge in [0.1, 0.15) is 5.58 Å². The van der Waals surface area contributed by atoms with E-state index < -0.39 is 0 Å². The van der Waals surface area contributed by atoms with E-state index in [1.165, 1.54) is 43.1 Å². The first kappa shape index (κ1) is 35.7. The van der Waals surface area contributed by atoms with Gasteiger partial charge in [-0.15, -0.1) is 0 Å². The summed E-state index contributed by atoms with van der Waals surface area (Å²) >= 11 is 0. The highest BCUT2D eigenvalue weighted by atomic mass is 16.3. The van der Waals surface area contributed by atoms with Gasteiger partial charge < -0.3 is 13.6 Å². The first-order valence-electron chi connectivity index (χ1n) is 21.9. The summed E-state index contributed by atoms with van der Waals surface area (Å²) in [7, 11) is 0. The lowest BCUT2D eigenvalue weighted by atomic mass is 10.0. The normalized spacial score (nSPS) is 12.0. The second-order valence-corrected chi connectivity index (χ2v) is 16.8. The molecule has 0 spiro atoms. The van der Waals surface area contributed by atoms with Gasteiger partial charge in [-0.1, -0.05) is 146 Å². The Kier molecular flexibility index (Phi) is 7.59. The number of fused-ring (bicyclic) bond motifs is 11. The van der Waals surface area contributed by atoms with E-state index in [-0.39, 0.29) is 0 Å². The molecule has 14 aromatic rings. The summed E-state index contributed by atoms with van der Waals surface area (Å²) in [4.78, 5) is 15.9. The molecule has 10 aromatic carbocycles. The van der Waals surface area contributed by atoms with Crippen LogP contribution < -0.4 is 0 Å². The molecule has 0 amide bonds. The Bertz CT molecular complexity index is 4150. The monoisotopic (exact) mass is 829 g/mol. The maximum atomic E-state index is 7.01. The zero-order chi connectivity index (χ0) is 42.6. The lowest BCUT2D eigenvalue weighted by Gasteiger charge is -2.13. The number of hydrogen-bond donors (Lipinski definition) is 0. The van der Waals surface area contributed by atoms with E-state index in [1.54, 1.807) is 0 Å².